The van der Waals surface area contributed by atoms with Crippen LogP contribution in [0.15, 0.2) is 0 Å². The number of H-pyrrole nitrogens is 1. The van der Waals surface area contributed by atoms with Crippen LogP contribution in [0.3, 0.4) is 0 Å². The van der Waals surface area contributed by atoms with Gasteiger partial charge in [0.2, 0.25) is 0 Å². The molecule has 1 fully saturated rings. The van der Waals surface area contributed by atoms with E-state index < -0.39 is 5.38 Å². The standard InChI is InChI=1S/C10H17ClF2N6/c11-10(12,13)8-19-6-4-18(5-7-19)3-1-2-9-14-16-17-15-9/h1-8H2,(H,14,15,16,17). The molecule has 108 valence electrons. The van der Waals surface area contributed by atoms with Crippen molar-refractivity contribution in [3.8, 4) is 0 Å². The number of aryl methyl sites for hydroxylation is 1. The lowest BCUT2D eigenvalue weighted by molar-refractivity contribution is 0.0258. The van der Waals surface area contributed by atoms with Crippen LogP contribution in [0.2, 0.25) is 0 Å². The summed E-state index contributed by atoms with van der Waals surface area (Å²) in [6.07, 6.45) is 1.71. The molecule has 0 amide bonds. The lowest BCUT2D eigenvalue weighted by atomic mass is 10.2. The van der Waals surface area contributed by atoms with Crippen LogP contribution >= 0.6 is 11.6 Å². The smallest absolute Gasteiger partial charge is 0.301 e. The Kier molecular flexibility index (Phi) is 5.00. The van der Waals surface area contributed by atoms with Crippen LogP contribution in [0.1, 0.15) is 12.2 Å². The van der Waals surface area contributed by atoms with Gasteiger partial charge < -0.3 is 4.90 Å². The predicted octanol–water partition coefficient (Wildman–Crippen LogP) is 0.581. The first-order chi connectivity index (χ1) is 9.03. The Balaban J connectivity index is 1.61. The average Bonchev–Trinajstić information content (AvgIpc) is 2.82. The SMILES string of the molecule is FC(F)(Cl)CN1CCN(CCCc2nn[nH]n2)CC1. The Hall–Kier alpha value is -0.860. The maximum atomic E-state index is 12.7. The lowest BCUT2D eigenvalue weighted by Gasteiger charge is -2.35. The Morgan fingerprint density at radius 3 is 2.47 bits per heavy atom. The zero-order chi connectivity index (χ0) is 13.7. The van der Waals surface area contributed by atoms with Gasteiger partial charge in [-0.3, -0.25) is 4.90 Å². The summed E-state index contributed by atoms with van der Waals surface area (Å²) in [5, 5.41) is 10.5. The van der Waals surface area contributed by atoms with E-state index in [1.54, 1.807) is 4.90 Å². The van der Waals surface area contributed by atoms with Crippen molar-refractivity contribution in [2.45, 2.75) is 18.2 Å². The molecule has 6 nitrogen and oxygen atoms in total. The van der Waals surface area contributed by atoms with Gasteiger partial charge in [-0.25, -0.2) is 0 Å². The molecule has 2 rings (SSSR count). The number of tetrazole rings is 1. The quantitative estimate of drug-likeness (QED) is 0.778. The number of nitrogens with zero attached hydrogens (tertiary/aromatic N) is 5. The third-order valence-corrected chi connectivity index (χ3v) is 3.25. The summed E-state index contributed by atoms with van der Waals surface area (Å²) in [4.78, 5) is 3.95. The van der Waals surface area contributed by atoms with Crippen molar-refractivity contribution >= 4 is 11.6 Å². The van der Waals surface area contributed by atoms with Gasteiger partial charge in [0, 0.05) is 32.6 Å². The molecule has 1 aromatic heterocycles. The van der Waals surface area contributed by atoms with E-state index in [-0.39, 0.29) is 6.54 Å². The highest BCUT2D eigenvalue weighted by Crippen LogP contribution is 2.20. The summed E-state index contributed by atoms with van der Waals surface area (Å²) in [6.45, 7) is 3.39. The monoisotopic (exact) mass is 294 g/mol. The molecule has 9 heteroatoms. The van der Waals surface area contributed by atoms with Crippen molar-refractivity contribution in [2.24, 2.45) is 0 Å². The molecule has 1 aliphatic rings. The van der Waals surface area contributed by atoms with Gasteiger partial charge in [0.05, 0.1) is 6.54 Å². The fourth-order valence-corrected chi connectivity index (χ4v) is 2.34. The van der Waals surface area contributed by atoms with Gasteiger partial charge in [0.1, 0.15) is 0 Å². The number of halogens is 3. The van der Waals surface area contributed by atoms with Crippen LogP contribution in [0, 0.1) is 0 Å². The minimum atomic E-state index is -3.12. The van der Waals surface area contributed by atoms with Gasteiger partial charge in [0.15, 0.2) is 5.82 Å². The number of nitrogens with one attached hydrogen (secondary N) is 1. The van der Waals surface area contributed by atoms with Crippen molar-refractivity contribution in [3.63, 3.8) is 0 Å². The maximum absolute atomic E-state index is 12.7. The minimum absolute atomic E-state index is 0.370. The molecule has 1 aliphatic heterocycles. The third kappa shape index (κ3) is 5.33. The molecular formula is C10H17ClF2N6. The summed E-state index contributed by atoms with van der Waals surface area (Å²) < 4.78 is 25.3. The highest BCUT2D eigenvalue weighted by molar-refractivity contribution is 6.21. The molecule has 0 unspecified atom stereocenters. The van der Waals surface area contributed by atoms with Gasteiger partial charge in [-0.15, -0.1) is 10.2 Å². The van der Waals surface area contributed by atoms with Crippen molar-refractivity contribution in [3.05, 3.63) is 5.82 Å². The van der Waals surface area contributed by atoms with Crippen LogP contribution in [-0.4, -0.2) is 75.1 Å². The number of rotatable bonds is 6. The summed E-state index contributed by atoms with van der Waals surface area (Å²) in [7, 11) is 0. The van der Waals surface area contributed by atoms with Crippen LogP contribution in [-0.2, 0) is 6.42 Å². The molecule has 0 saturated carbocycles. The highest BCUT2D eigenvalue weighted by Gasteiger charge is 2.29. The summed E-state index contributed by atoms with van der Waals surface area (Å²) >= 11 is 4.93. The van der Waals surface area contributed by atoms with Gasteiger partial charge in [-0.05, 0) is 24.6 Å². The molecule has 2 heterocycles. The fourth-order valence-electron chi connectivity index (χ4n) is 2.17. The minimum Gasteiger partial charge on any atom is -0.301 e. The van der Waals surface area contributed by atoms with E-state index >= 15 is 0 Å². The first kappa shape index (κ1) is 14.5. The molecule has 0 atom stereocenters. The lowest BCUT2D eigenvalue weighted by Crippen LogP contribution is -2.49. The Labute approximate surface area is 115 Å². The molecule has 19 heavy (non-hydrogen) atoms. The normalized spacial score (nSPS) is 18.9. The Bertz CT molecular complexity index is 361. The van der Waals surface area contributed by atoms with Crippen molar-refractivity contribution in [1.29, 1.82) is 0 Å². The molecule has 1 saturated heterocycles. The van der Waals surface area contributed by atoms with E-state index in [4.69, 9.17) is 11.6 Å². The van der Waals surface area contributed by atoms with Crippen molar-refractivity contribution < 1.29 is 8.78 Å². The highest BCUT2D eigenvalue weighted by atomic mass is 35.5. The molecule has 0 aliphatic carbocycles. The largest absolute Gasteiger partial charge is 0.334 e. The zero-order valence-corrected chi connectivity index (χ0v) is 11.3. The van der Waals surface area contributed by atoms with Crippen molar-refractivity contribution in [1.82, 2.24) is 30.4 Å². The topological polar surface area (TPSA) is 60.9 Å². The van der Waals surface area contributed by atoms with E-state index in [1.165, 1.54) is 0 Å². The Morgan fingerprint density at radius 1 is 1.21 bits per heavy atom. The molecule has 0 bridgehead atoms. The summed E-state index contributed by atoms with van der Waals surface area (Å²) in [5.74, 6) is 0.709. The van der Waals surface area contributed by atoms with E-state index in [0.717, 1.165) is 32.5 Å². The third-order valence-electron chi connectivity index (χ3n) is 3.13. The second kappa shape index (κ2) is 6.53. The molecule has 1 aromatic rings. The van der Waals surface area contributed by atoms with E-state index in [1.807, 2.05) is 0 Å². The molecular weight excluding hydrogens is 278 g/mol. The zero-order valence-electron chi connectivity index (χ0n) is 10.5. The first-order valence-corrected chi connectivity index (χ1v) is 6.64. The van der Waals surface area contributed by atoms with Crippen LogP contribution in [0.25, 0.3) is 0 Å². The fraction of sp³-hybridized carbons (Fsp3) is 0.900. The van der Waals surface area contributed by atoms with E-state index in [9.17, 15) is 8.78 Å². The first-order valence-electron chi connectivity index (χ1n) is 6.27. The van der Waals surface area contributed by atoms with E-state index in [0.29, 0.717) is 18.9 Å². The van der Waals surface area contributed by atoms with Crippen LogP contribution in [0.5, 0.6) is 0 Å². The van der Waals surface area contributed by atoms with Gasteiger partial charge in [-0.1, -0.05) is 5.21 Å². The summed E-state index contributed by atoms with van der Waals surface area (Å²) in [6, 6.07) is 0. The molecule has 0 spiro atoms. The maximum Gasteiger partial charge on any atom is 0.334 e. The number of piperazine rings is 1. The number of alkyl halides is 3. The summed E-state index contributed by atoms with van der Waals surface area (Å²) in [5.41, 5.74) is 0. The molecule has 1 N–H and O–H groups in total. The van der Waals surface area contributed by atoms with Gasteiger partial charge in [0.25, 0.3) is 0 Å². The number of aromatic nitrogens is 4. The number of aromatic amines is 1. The average molecular weight is 295 g/mol. The molecule has 0 radical (unpaired) electrons. The van der Waals surface area contributed by atoms with Gasteiger partial charge in [-0.2, -0.15) is 14.0 Å². The number of hydrogen-bond acceptors (Lipinski definition) is 5. The van der Waals surface area contributed by atoms with Gasteiger partial charge >= 0.3 is 5.38 Å². The predicted molar refractivity (Wildman–Crippen MR) is 66.2 cm³/mol. The van der Waals surface area contributed by atoms with Crippen LogP contribution < -0.4 is 0 Å². The molecule has 0 aromatic carbocycles. The van der Waals surface area contributed by atoms with Crippen LogP contribution in [0.4, 0.5) is 8.78 Å². The second-order valence-corrected chi connectivity index (χ2v) is 5.22. The number of hydrogen-bond donors (Lipinski definition) is 1. The Morgan fingerprint density at radius 2 is 1.89 bits per heavy atom. The van der Waals surface area contributed by atoms with E-state index in [2.05, 4.69) is 25.5 Å². The van der Waals surface area contributed by atoms with Crippen molar-refractivity contribution in [2.75, 3.05) is 39.3 Å². The second-order valence-electron chi connectivity index (χ2n) is 4.66.